The summed E-state index contributed by atoms with van der Waals surface area (Å²) >= 11 is 0. The maximum Gasteiger partial charge on any atom is 0.338 e. The Hall–Kier alpha value is -1.88. The van der Waals surface area contributed by atoms with Crippen molar-refractivity contribution in [1.82, 2.24) is 4.90 Å². The fraction of sp³-hybridized carbons (Fsp3) is 0.529. The highest BCUT2D eigenvalue weighted by molar-refractivity contribution is 5.89. The quantitative estimate of drug-likeness (QED) is 0.798. The maximum atomic E-state index is 12.3. The number of esters is 2. The molecule has 0 saturated carbocycles. The summed E-state index contributed by atoms with van der Waals surface area (Å²) in [5, 5.41) is 0. The zero-order valence-electron chi connectivity index (χ0n) is 12.9. The highest BCUT2D eigenvalue weighted by Crippen LogP contribution is 2.40. The molecule has 2 saturated heterocycles. The van der Waals surface area contributed by atoms with E-state index in [4.69, 9.17) is 9.47 Å². The van der Waals surface area contributed by atoms with Crippen LogP contribution >= 0.6 is 0 Å². The van der Waals surface area contributed by atoms with Crippen molar-refractivity contribution in [1.29, 1.82) is 0 Å². The highest BCUT2D eigenvalue weighted by Gasteiger charge is 2.50. The zero-order chi connectivity index (χ0) is 15.7. The van der Waals surface area contributed by atoms with E-state index in [0.29, 0.717) is 18.0 Å². The van der Waals surface area contributed by atoms with Crippen molar-refractivity contribution < 1.29 is 19.1 Å². The molecule has 2 heterocycles. The van der Waals surface area contributed by atoms with E-state index in [0.717, 1.165) is 12.8 Å². The molecule has 2 fully saturated rings. The number of rotatable bonds is 3. The van der Waals surface area contributed by atoms with Crippen molar-refractivity contribution in [2.45, 2.75) is 37.5 Å². The van der Waals surface area contributed by atoms with Gasteiger partial charge in [0, 0.05) is 18.5 Å². The molecule has 3 rings (SSSR count). The fourth-order valence-electron chi connectivity index (χ4n) is 3.77. The van der Waals surface area contributed by atoms with Crippen LogP contribution in [0.1, 0.15) is 29.6 Å². The van der Waals surface area contributed by atoms with Crippen molar-refractivity contribution in [2.75, 3.05) is 14.2 Å². The third-order valence-electron chi connectivity index (χ3n) is 4.96. The van der Waals surface area contributed by atoms with Gasteiger partial charge in [-0.15, -0.1) is 0 Å². The summed E-state index contributed by atoms with van der Waals surface area (Å²) < 4.78 is 10.6. The lowest BCUT2D eigenvalue weighted by molar-refractivity contribution is -0.156. The van der Waals surface area contributed by atoms with E-state index in [9.17, 15) is 9.59 Å². The van der Waals surface area contributed by atoms with Crippen molar-refractivity contribution in [2.24, 2.45) is 5.92 Å². The van der Waals surface area contributed by atoms with Crippen LogP contribution in [0.15, 0.2) is 30.3 Å². The number of benzene rings is 1. The van der Waals surface area contributed by atoms with Crippen molar-refractivity contribution in [3.05, 3.63) is 35.9 Å². The van der Waals surface area contributed by atoms with Gasteiger partial charge in [0.1, 0.15) is 12.0 Å². The second-order valence-corrected chi connectivity index (χ2v) is 6.06. The number of piperidine rings is 1. The molecule has 0 radical (unpaired) electrons. The van der Waals surface area contributed by atoms with Crippen molar-refractivity contribution >= 4 is 11.9 Å². The maximum absolute atomic E-state index is 12.3. The molecule has 0 aliphatic carbocycles. The Morgan fingerprint density at radius 3 is 2.59 bits per heavy atom. The Morgan fingerprint density at radius 1 is 1.18 bits per heavy atom. The van der Waals surface area contributed by atoms with Gasteiger partial charge in [-0.05, 0) is 32.0 Å². The Balaban J connectivity index is 1.79. The predicted octanol–water partition coefficient (Wildman–Crippen LogP) is 1.87. The molecule has 5 heteroatoms. The van der Waals surface area contributed by atoms with Crippen LogP contribution in [0, 0.1) is 5.92 Å². The first-order valence-electron chi connectivity index (χ1n) is 7.67. The van der Waals surface area contributed by atoms with Crippen LogP contribution in [-0.4, -0.2) is 49.2 Å². The largest absolute Gasteiger partial charge is 0.469 e. The molecule has 2 aliphatic rings. The van der Waals surface area contributed by atoms with Gasteiger partial charge >= 0.3 is 11.9 Å². The zero-order valence-corrected chi connectivity index (χ0v) is 12.9. The fourth-order valence-corrected chi connectivity index (χ4v) is 3.77. The van der Waals surface area contributed by atoms with Crippen LogP contribution in [0.5, 0.6) is 0 Å². The Bertz CT molecular complexity index is 559. The number of methoxy groups -OCH3 is 1. The molecule has 0 aromatic heterocycles. The van der Waals surface area contributed by atoms with E-state index in [1.807, 2.05) is 13.1 Å². The average Bonchev–Trinajstić information content (AvgIpc) is 2.78. The lowest BCUT2D eigenvalue weighted by atomic mass is 9.87. The lowest BCUT2D eigenvalue weighted by Gasteiger charge is -2.40. The number of fused-ring (bicyclic) bond motifs is 2. The van der Waals surface area contributed by atoms with Crippen LogP contribution in [0.25, 0.3) is 0 Å². The normalized spacial score (nSPS) is 30.8. The van der Waals surface area contributed by atoms with Crippen LogP contribution in [0.3, 0.4) is 0 Å². The second kappa shape index (κ2) is 6.08. The van der Waals surface area contributed by atoms with Gasteiger partial charge in [-0.25, -0.2) is 4.79 Å². The lowest BCUT2D eigenvalue weighted by Crippen LogP contribution is -2.53. The van der Waals surface area contributed by atoms with E-state index in [2.05, 4.69) is 4.90 Å². The SMILES string of the molecule is COC(=O)C1C(OC(=O)c2ccccc2)C[C@H]2CC[C@H]1N2C. The minimum atomic E-state index is -0.408. The summed E-state index contributed by atoms with van der Waals surface area (Å²) in [4.78, 5) is 26.7. The number of carbonyl (C=O) groups is 2. The van der Waals surface area contributed by atoms with E-state index in [-0.39, 0.29) is 18.0 Å². The minimum Gasteiger partial charge on any atom is -0.469 e. The summed E-state index contributed by atoms with van der Waals surface area (Å²) in [5.74, 6) is -1.06. The molecule has 118 valence electrons. The van der Waals surface area contributed by atoms with Crippen LogP contribution in [-0.2, 0) is 14.3 Å². The standard InChI is InChI=1S/C17H21NO4/c1-18-12-8-9-13(18)15(17(20)21-2)14(10-12)22-16(19)11-6-4-3-5-7-11/h3-7,12-15H,8-10H2,1-2H3/t12-,13-,14?,15?/m1/s1. The highest BCUT2D eigenvalue weighted by atomic mass is 16.6. The summed E-state index contributed by atoms with van der Waals surface area (Å²) in [6.45, 7) is 0. The van der Waals surface area contributed by atoms with Crippen LogP contribution in [0.4, 0.5) is 0 Å². The van der Waals surface area contributed by atoms with Gasteiger partial charge in [-0.1, -0.05) is 18.2 Å². The third-order valence-corrected chi connectivity index (χ3v) is 4.96. The molecular weight excluding hydrogens is 282 g/mol. The van der Waals surface area contributed by atoms with Gasteiger partial charge < -0.3 is 9.47 Å². The Labute approximate surface area is 130 Å². The first-order chi connectivity index (χ1) is 10.6. The number of hydrogen-bond donors (Lipinski definition) is 0. The molecule has 1 aromatic carbocycles. The van der Waals surface area contributed by atoms with Gasteiger partial charge in [0.05, 0.1) is 12.7 Å². The Kier molecular flexibility index (Phi) is 4.16. The summed E-state index contributed by atoms with van der Waals surface area (Å²) in [6, 6.07) is 9.36. The van der Waals surface area contributed by atoms with E-state index >= 15 is 0 Å². The molecule has 0 amide bonds. The van der Waals surface area contributed by atoms with Gasteiger partial charge in [-0.3, -0.25) is 9.69 Å². The number of carbonyl (C=O) groups excluding carboxylic acids is 2. The van der Waals surface area contributed by atoms with Crippen molar-refractivity contribution in [3.63, 3.8) is 0 Å². The molecule has 2 aliphatic heterocycles. The van der Waals surface area contributed by atoms with E-state index in [1.165, 1.54) is 7.11 Å². The predicted molar refractivity (Wildman–Crippen MR) is 80.3 cm³/mol. The van der Waals surface area contributed by atoms with Gasteiger partial charge in [0.2, 0.25) is 0 Å². The average molecular weight is 303 g/mol. The van der Waals surface area contributed by atoms with Gasteiger partial charge in [-0.2, -0.15) is 0 Å². The number of ether oxygens (including phenoxy) is 2. The Morgan fingerprint density at radius 2 is 1.91 bits per heavy atom. The molecular formula is C17H21NO4. The second-order valence-electron chi connectivity index (χ2n) is 6.06. The molecule has 5 nitrogen and oxygen atoms in total. The monoisotopic (exact) mass is 303 g/mol. The summed E-state index contributed by atoms with van der Waals surface area (Å²) in [7, 11) is 3.42. The molecule has 22 heavy (non-hydrogen) atoms. The van der Waals surface area contributed by atoms with E-state index in [1.54, 1.807) is 24.3 Å². The first kappa shape index (κ1) is 15.0. The molecule has 0 N–H and O–H groups in total. The molecule has 1 aromatic rings. The van der Waals surface area contributed by atoms with Crippen molar-refractivity contribution in [3.8, 4) is 0 Å². The number of nitrogens with zero attached hydrogens (tertiary/aromatic N) is 1. The van der Waals surface area contributed by atoms with Gasteiger partial charge in [0.25, 0.3) is 0 Å². The number of hydrogen-bond acceptors (Lipinski definition) is 5. The molecule has 2 bridgehead atoms. The smallest absolute Gasteiger partial charge is 0.338 e. The summed E-state index contributed by atoms with van der Waals surface area (Å²) in [5.41, 5.74) is 0.511. The van der Waals surface area contributed by atoms with Crippen LogP contribution < -0.4 is 0 Å². The van der Waals surface area contributed by atoms with E-state index < -0.39 is 12.0 Å². The topological polar surface area (TPSA) is 55.8 Å². The van der Waals surface area contributed by atoms with Crippen LogP contribution in [0.2, 0.25) is 0 Å². The molecule has 4 atom stereocenters. The molecule has 2 unspecified atom stereocenters. The third kappa shape index (κ3) is 2.61. The first-order valence-corrected chi connectivity index (χ1v) is 7.67. The molecule has 0 spiro atoms. The minimum absolute atomic E-state index is 0.0970. The summed E-state index contributed by atoms with van der Waals surface area (Å²) in [6.07, 6.45) is 2.26. The van der Waals surface area contributed by atoms with Gasteiger partial charge in [0.15, 0.2) is 0 Å².